The van der Waals surface area contributed by atoms with E-state index in [2.05, 4.69) is 18.5 Å². The number of methoxy groups -OCH3 is 1. The van der Waals surface area contributed by atoms with E-state index in [1.54, 1.807) is 0 Å². The number of thioether (sulfide) groups is 1. The Kier molecular flexibility index (Phi) is 7.02. The molecule has 1 N–H and O–H groups in total. The van der Waals surface area contributed by atoms with Crippen molar-refractivity contribution in [3.63, 3.8) is 0 Å². The number of nitrogens with one attached hydrogen (secondary N) is 1. The van der Waals surface area contributed by atoms with Gasteiger partial charge in [-0.1, -0.05) is 6.92 Å². The molecule has 0 amide bonds. The van der Waals surface area contributed by atoms with Crippen molar-refractivity contribution in [2.45, 2.75) is 33.2 Å². The van der Waals surface area contributed by atoms with Crippen molar-refractivity contribution in [3.05, 3.63) is 0 Å². The lowest BCUT2D eigenvalue weighted by Gasteiger charge is -2.25. The molecule has 0 heterocycles. The lowest BCUT2D eigenvalue weighted by atomic mass is 9.93. The highest BCUT2D eigenvalue weighted by atomic mass is 32.2. The minimum atomic E-state index is -0.444. The Bertz CT molecular complexity index is 195. The molecule has 0 aromatic carbocycles. The van der Waals surface area contributed by atoms with Gasteiger partial charge in [0, 0.05) is 18.3 Å². The Labute approximate surface area is 97.3 Å². The maximum Gasteiger partial charge on any atom is 0.312 e. The molecule has 15 heavy (non-hydrogen) atoms. The van der Waals surface area contributed by atoms with Crippen molar-refractivity contribution in [3.8, 4) is 0 Å². The topological polar surface area (TPSA) is 38.3 Å². The zero-order valence-corrected chi connectivity index (χ0v) is 11.2. The van der Waals surface area contributed by atoms with Crippen molar-refractivity contribution < 1.29 is 9.53 Å². The molecule has 0 aromatic rings. The summed E-state index contributed by atoms with van der Waals surface area (Å²) < 4.78 is 4.76. The first-order valence-corrected chi connectivity index (χ1v) is 6.68. The maximum atomic E-state index is 11.4. The van der Waals surface area contributed by atoms with E-state index >= 15 is 0 Å². The van der Waals surface area contributed by atoms with Crippen molar-refractivity contribution in [2.75, 3.05) is 25.7 Å². The predicted octanol–water partition coefficient (Wildman–Crippen LogP) is 1.92. The van der Waals surface area contributed by atoms with Gasteiger partial charge in [-0.3, -0.25) is 4.79 Å². The average Bonchev–Trinajstić information content (AvgIpc) is 2.22. The van der Waals surface area contributed by atoms with Gasteiger partial charge in [-0.25, -0.2) is 0 Å². The Morgan fingerprint density at radius 2 is 2.13 bits per heavy atom. The van der Waals surface area contributed by atoms with Crippen LogP contribution in [-0.2, 0) is 9.53 Å². The SMILES string of the molecule is CCC(CSC)NCC(C)(C)C(=O)OC. The normalized spacial score (nSPS) is 13.7. The van der Waals surface area contributed by atoms with Gasteiger partial charge in [-0.15, -0.1) is 0 Å². The van der Waals surface area contributed by atoms with Gasteiger partial charge in [0.2, 0.25) is 0 Å². The summed E-state index contributed by atoms with van der Waals surface area (Å²) in [5.41, 5.74) is -0.444. The summed E-state index contributed by atoms with van der Waals surface area (Å²) in [5, 5.41) is 3.40. The zero-order valence-electron chi connectivity index (χ0n) is 10.4. The quantitative estimate of drug-likeness (QED) is 0.682. The summed E-state index contributed by atoms with van der Waals surface area (Å²) in [4.78, 5) is 11.4. The second-order valence-electron chi connectivity index (χ2n) is 4.32. The van der Waals surface area contributed by atoms with Crippen LogP contribution in [0.2, 0.25) is 0 Å². The first kappa shape index (κ1) is 14.8. The second-order valence-corrected chi connectivity index (χ2v) is 5.23. The van der Waals surface area contributed by atoms with E-state index < -0.39 is 5.41 Å². The van der Waals surface area contributed by atoms with E-state index in [4.69, 9.17) is 4.74 Å². The van der Waals surface area contributed by atoms with E-state index in [9.17, 15) is 4.79 Å². The van der Waals surface area contributed by atoms with Crippen LogP contribution in [0.15, 0.2) is 0 Å². The smallest absolute Gasteiger partial charge is 0.312 e. The average molecular weight is 233 g/mol. The Hall–Kier alpha value is -0.220. The van der Waals surface area contributed by atoms with Crippen LogP contribution in [0.25, 0.3) is 0 Å². The molecule has 0 saturated carbocycles. The van der Waals surface area contributed by atoms with Gasteiger partial charge in [-0.05, 0) is 26.5 Å². The standard InChI is InChI=1S/C11H23NO2S/c1-6-9(7-15-5)12-8-11(2,3)10(13)14-4/h9,12H,6-8H2,1-5H3. The van der Waals surface area contributed by atoms with Gasteiger partial charge in [-0.2, -0.15) is 11.8 Å². The number of hydrogen-bond acceptors (Lipinski definition) is 4. The van der Waals surface area contributed by atoms with Crippen LogP contribution in [0.3, 0.4) is 0 Å². The Morgan fingerprint density at radius 1 is 1.53 bits per heavy atom. The van der Waals surface area contributed by atoms with Crippen LogP contribution in [0, 0.1) is 5.41 Å². The first-order valence-electron chi connectivity index (χ1n) is 5.28. The van der Waals surface area contributed by atoms with Gasteiger partial charge in [0.1, 0.15) is 0 Å². The van der Waals surface area contributed by atoms with Gasteiger partial charge in [0.25, 0.3) is 0 Å². The predicted molar refractivity (Wildman–Crippen MR) is 66.3 cm³/mol. The fourth-order valence-corrected chi connectivity index (χ4v) is 2.03. The molecule has 0 spiro atoms. The van der Waals surface area contributed by atoms with E-state index in [0.717, 1.165) is 12.2 Å². The number of ether oxygens (including phenoxy) is 1. The molecule has 0 aliphatic rings. The fraction of sp³-hybridized carbons (Fsp3) is 0.909. The molecule has 4 heteroatoms. The Morgan fingerprint density at radius 3 is 2.53 bits per heavy atom. The molecule has 1 unspecified atom stereocenters. The summed E-state index contributed by atoms with van der Waals surface area (Å²) in [6.45, 7) is 6.62. The van der Waals surface area contributed by atoms with Crippen LogP contribution in [0.5, 0.6) is 0 Å². The van der Waals surface area contributed by atoms with Gasteiger partial charge in [0.05, 0.1) is 12.5 Å². The number of hydrogen-bond donors (Lipinski definition) is 1. The monoisotopic (exact) mass is 233 g/mol. The number of rotatable bonds is 7. The van der Waals surface area contributed by atoms with Crippen molar-refractivity contribution >= 4 is 17.7 Å². The molecular formula is C11H23NO2S. The highest BCUT2D eigenvalue weighted by molar-refractivity contribution is 7.98. The van der Waals surface area contributed by atoms with E-state index in [0.29, 0.717) is 12.6 Å². The van der Waals surface area contributed by atoms with Crippen LogP contribution >= 0.6 is 11.8 Å². The molecule has 0 radical (unpaired) electrons. The van der Waals surface area contributed by atoms with Crippen LogP contribution < -0.4 is 5.32 Å². The zero-order chi connectivity index (χ0) is 11.9. The fourth-order valence-electron chi connectivity index (χ4n) is 1.27. The van der Waals surface area contributed by atoms with Crippen LogP contribution in [-0.4, -0.2) is 37.7 Å². The molecule has 3 nitrogen and oxygen atoms in total. The van der Waals surface area contributed by atoms with Crippen LogP contribution in [0.4, 0.5) is 0 Å². The minimum absolute atomic E-state index is 0.158. The molecule has 0 aliphatic heterocycles. The third-order valence-electron chi connectivity index (χ3n) is 2.43. The summed E-state index contributed by atoms with van der Waals surface area (Å²) in [6.07, 6.45) is 3.17. The number of esters is 1. The summed E-state index contributed by atoms with van der Waals surface area (Å²) in [6, 6.07) is 0.476. The highest BCUT2D eigenvalue weighted by Crippen LogP contribution is 2.16. The van der Waals surface area contributed by atoms with E-state index in [1.165, 1.54) is 7.11 Å². The molecule has 1 atom stereocenters. The highest BCUT2D eigenvalue weighted by Gasteiger charge is 2.28. The molecule has 0 rings (SSSR count). The van der Waals surface area contributed by atoms with Crippen LogP contribution in [0.1, 0.15) is 27.2 Å². The molecular weight excluding hydrogens is 210 g/mol. The van der Waals surface area contributed by atoms with Gasteiger partial charge >= 0.3 is 5.97 Å². The number of carbonyl (C=O) groups is 1. The molecule has 0 saturated heterocycles. The lowest BCUT2D eigenvalue weighted by molar-refractivity contribution is -0.150. The molecule has 0 aromatic heterocycles. The number of carbonyl (C=O) groups excluding carboxylic acids is 1. The molecule has 0 bridgehead atoms. The molecule has 0 fully saturated rings. The van der Waals surface area contributed by atoms with E-state index in [1.807, 2.05) is 25.6 Å². The third kappa shape index (κ3) is 5.42. The molecule has 90 valence electrons. The van der Waals surface area contributed by atoms with Crippen molar-refractivity contribution in [1.82, 2.24) is 5.32 Å². The second kappa shape index (κ2) is 7.12. The van der Waals surface area contributed by atoms with Gasteiger partial charge in [0.15, 0.2) is 0 Å². The summed E-state index contributed by atoms with van der Waals surface area (Å²) in [5.74, 6) is 0.919. The Balaban J connectivity index is 4.05. The summed E-state index contributed by atoms with van der Waals surface area (Å²) >= 11 is 1.82. The largest absolute Gasteiger partial charge is 0.469 e. The van der Waals surface area contributed by atoms with Gasteiger partial charge < -0.3 is 10.1 Å². The maximum absolute atomic E-state index is 11.4. The summed E-state index contributed by atoms with van der Waals surface area (Å²) in [7, 11) is 1.43. The van der Waals surface area contributed by atoms with Crippen molar-refractivity contribution in [2.24, 2.45) is 5.41 Å². The lowest BCUT2D eigenvalue weighted by Crippen LogP contribution is -2.42. The van der Waals surface area contributed by atoms with E-state index in [-0.39, 0.29) is 5.97 Å². The van der Waals surface area contributed by atoms with Crippen molar-refractivity contribution in [1.29, 1.82) is 0 Å². The molecule has 0 aliphatic carbocycles. The third-order valence-corrected chi connectivity index (χ3v) is 3.17. The minimum Gasteiger partial charge on any atom is -0.469 e. The first-order chi connectivity index (χ1) is 6.97.